The largest absolute Gasteiger partial charge is 0.507 e. The molecule has 26 heavy (non-hydrogen) atoms. The van der Waals surface area contributed by atoms with Crippen LogP contribution in [-0.4, -0.2) is 46.4 Å². The fourth-order valence-corrected chi connectivity index (χ4v) is 2.08. The molecule has 0 aliphatic heterocycles. The average molecular weight is 358 g/mol. The van der Waals surface area contributed by atoms with Crippen LogP contribution in [0.15, 0.2) is 55.1 Å². The second kappa shape index (κ2) is 8.68. The van der Waals surface area contributed by atoms with Crippen LogP contribution in [0.3, 0.4) is 0 Å². The highest BCUT2D eigenvalue weighted by Crippen LogP contribution is 2.28. The summed E-state index contributed by atoms with van der Waals surface area (Å²) in [6, 6.07) is 10.0. The fourth-order valence-electron chi connectivity index (χ4n) is 2.08. The summed E-state index contributed by atoms with van der Waals surface area (Å²) in [6.45, 7) is 2.79. The lowest BCUT2D eigenvalue weighted by molar-refractivity contribution is -0.141. The normalized spacial score (nSPS) is 11.4. The first kappa shape index (κ1) is 19.0. The number of aromatic hydroxyl groups is 2. The van der Waals surface area contributed by atoms with Crippen molar-refractivity contribution in [3.05, 3.63) is 66.2 Å². The third kappa shape index (κ3) is 4.84. The molecule has 0 aliphatic rings. The van der Waals surface area contributed by atoms with Crippen molar-refractivity contribution in [2.75, 3.05) is 13.2 Å². The maximum absolute atomic E-state index is 12.4. The summed E-state index contributed by atoms with van der Waals surface area (Å²) in [6.07, 6.45) is -0.0880. The SMILES string of the molecule is C=CC(=O)OCC(O)COc1ccc(C(=O)c2ccccc2O)c(O)c1. The summed E-state index contributed by atoms with van der Waals surface area (Å²) in [4.78, 5) is 23.3. The van der Waals surface area contributed by atoms with Gasteiger partial charge in [-0.25, -0.2) is 4.79 Å². The Balaban J connectivity index is 2.01. The van der Waals surface area contributed by atoms with Crippen molar-refractivity contribution in [1.82, 2.24) is 0 Å². The minimum atomic E-state index is -1.07. The van der Waals surface area contributed by atoms with E-state index in [0.717, 1.165) is 6.08 Å². The zero-order valence-corrected chi connectivity index (χ0v) is 13.8. The molecule has 0 amide bonds. The van der Waals surface area contributed by atoms with Gasteiger partial charge in [0.1, 0.15) is 36.6 Å². The van der Waals surface area contributed by atoms with E-state index < -0.39 is 17.9 Å². The van der Waals surface area contributed by atoms with Crippen molar-refractivity contribution in [1.29, 1.82) is 0 Å². The highest BCUT2D eigenvalue weighted by atomic mass is 16.5. The van der Waals surface area contributed by atoms with Gasteiger partial charge in [0.15, 0.2) is 5.78 Å². The Morgan fingerprint density at radius 1 is 1.04 bits per heavy atom. The van der Waals surface area contributed by atoms with E-state index in [1.54, 1.807) is 12.1 Å². The molecular formula is C19H18O7. The Bertz CT molecular complexity index is 813. The zero-order valence-electron chi connectivity index (χ0n) is 13.8. The predicted octanol–water partition coefficient (Wildman–Crippen LogP) is 1.80. The molecule has 1 atom stereocenters. The van der Waals surface area contributed by atoms with Crippen LogP contribution in [0.4, 0.5) is 0 Å². The van der Waals surface area contributed by atoms with E-state index in [9.17, 15) is 24.9 Å². The van der Waals surface area contributed by atoms with E-state index >= 15 is 0 Å². The first-order valence-electron chi connectivity index (χ1n) is 7.68. The number of carbonyl (C=O) groups is 2. The molecule has 136 valence electrons. The molecule has 2 rings (SSSR count). The number of benzene rings is 2. The summed E-state index contributed by atoms with van der Waals surface area (Å²) in [5.74, 6) is -1.50. The minimum absolute atomic E-state index is 0.000638. The van der Waals surface area contributed by atoms with E-state index in [1.807, 2.05) is 0 Å². The Kier molecular flexibility index (Phi) is 6.35. The maximum Gasteiger partial charge on any atom is 0.330 e. The molecule has 0 radical (unpaired) electrons. The topological polar surface area (TPSA) is 113 Å². The Morgan fingerprint density at radius 3 is 2.38 bits per heavy atom. The van der Waals surface area contributed by atoms with Gasteiger partial charge in [-0.05, 0) is 24.3 Å². The zero-order chi connectivity index (χ0) is 19.1. The second-order valence-corrected chi connectivity index (χ2v) is 5.32. The monoisotopic (exact) mass is 358 g/mol. The summed E-state index contributed by atoms with van der Waals surface area (Å²) >= 11 is 0. The van der Waals surface area contributed by atoms with Gasteiger partial charge in [0.25, 0.3) is 0 Å². The number of aliphatic hydroxyl groups is 1. The van der Waals surface area contributed by atoms with Crippen LogP contribution in [0, 0.1) is 0 Å². The average Bonchev–Trinajstić information content (AvgIpc) is 2.64. The van der Waals surface area contributed by atoms with Gasteiger partial charge in [0.2, 0.25) is 0 Å². The third-order valence-corrected chi connectivity index (χ3v) is 3.39. The molecule has 1 unspecified atom stereocenters. The van der Waals surface area contributed by atoms with E-state index in [-0.39, 0.29) is 41.6 Å². The van der Waals surface area contributed by atoms with Crippen LogP contribution in [-0.2, 0) is 9.53 Å². The number of phenolic OH excluding ortho intramolecular Hbond substituents is 2. The number of ether oxygens (including phenoxy) is 2. The molecule has 0 saturated carbocycles. The van der Waals surface area contributed by atoms with Gasteiger partial charge >= 0.3 is 5.97 Å². The quantitative estimate of drug-likeness (QED) is 0.374. The van der Waals surface area contributed by atoms with Crippen molar-refractivity contribution >= 4 is 11.8 Å². The molecule has 0 saturated heterocycles. The summed E-state index contributed by atoms with van der Waals surface area (Å²) in [7, 11) is 0. The van der Waals surface area contributed by atoms with E-state index in [0.29, 0.717) is 0 Å². The smallest absolute Gasteiger partial charge is 0.330 e. The number of carbonyl (C=O) groups excluding carboxylic acids is 2. The maximum atomic E-state index is 12.4. The van der Waals surface area contributed by atoms with Gasteiger partial charge in [-0.1, -0.05) is 18.7 Å². The minimum Gasteiger partial charge on any atom is -0.507 e. The number of aliphatic hydroxyl groups excluding tert-OH is 1. The molecule has 0 fully saturated rings. The highest BCUT2D eigenvalue weighted by molar-refractivity contribution is 6.12. The van der Waals surface area contributed by atoms with Crippen molar-refractivity contribution in [2.24, 2.45) is 0 Å². The summed E-state index contributed by atoms with van der Waals surface area (Å²) in [5, 5.41) is 29.5. The van der Waals surface area contributed by atoms with Gasteiger partial charge in [-0.15, -0.1) is 0 Å². The molecule has 0 aromatic heterocycles. The lowest BCUT2D eigenvalue weighted by atomic mass is 10.0. The molecule has 0 heterocycles. The second-order valence-electron chi connectivity index (χ2n) is 5.32. The number of para-hydroxylation sites is 1. The lowest BCUT2D eigenvalue weighted by Crippen LogP contribution is -2.24. The first-order chi connectivity index (χ1) is 12.4. The van der Waals surface area contributed by atoms with Crippen LogP contribution in [0.5, 0.6) is 17.2 Å². The third-order valence-electron chi connectivity index (χ3n) is 3.39. The van der Waals surface area contributed by atoms with Crippen molar-refractivity contribution in [3.8, 4) is 17.2 Å². The molecule has 7 nitrogen and oxygen atoms in total. The van der Waals surface area contributed by atoms with E-state index in [4.69, 9.17) is 4.74 Å². The molecule has 3 N–H and O–H groups in total. The van der Waals surface area contributed by atoms with Gasteiger partial charge in [0.05, 0.1) is 11.1 Å². The number of ketones is 1. The van der Waals surface area contributed by atoms with Crippen molar-refractivity contribution in [2.45, 2.75) is 6.10 Å². The molecule has 0 spiro atoms. The van der Waals surface area contributed by atoms with Crippen LogP contribution >= 0.6 is 0 Å². The number of phenols is 2. The number of rotatable bonds is 8. The van der Waals surface area contributed by atoms with Crippen molar-refractivity contribution in [3.63, 3.8) is 0 Å². The van der Waals surface area contributed by atoms with Crippen LogP contribution in [0.1, 0.15) is 15.9 Å². The molecule has 2 aromatic rings. The first-order valence-corrected chi connectivity index (χ1v) is 7.68. The van der Waals surface area contributed by atoms with Gasteiger partial charge in [-0.3, -0.25) is 4.79 Å². The highest BCUT2D eigenvalue weighted by Gasteiger charge is 2.17. The summed E-state index contributed by atoms with van der Waals surface area (Å²) < 4.78 is 9.96. The number of hydrogen-bond donors (Lipinski definition) is 3. The number of esters is 1. The lowest BCUT2D eigenvalue weighted by Gasteiger charge is -2.13. The Morgan fingerprint density at radius 2 is 1.73 bits per heavy atom. The molecule has 0 bridgehead atoms. The Hall–Kier alpha value is -3.32. The van der Waals surface area contributed by atoms with E-state index in [2.05, 4.69) is 11.3 Å². The van der Waals surface area contributed by atoms with Crippen LogP contribution < -0.4 is 4.74 Å². The molecule has 7 heteroatoms. The van der Waals surface area contributed by atoms with Gasteiger partial charge in [0, 0.05) is 12.1 Å². The van der Waals surface area contributed by atoms with Crippen molar-refractivity contribution < 1.29 is 34.4 Å². The standard InChI is InChI=1S/C19H18O7/c1-2-18(23)26-11-12(20)10-25-13-7-8-15(17(22)9-13)19(24)14-5-3-4-6-16(14)21/h2-9,12,20-22H,1,10-11H2. The summed E-state index contributed by atoms with van der Waals surface area (Å²) in [5.41, 5.74) is 0.0650. The predicted molar refractivity (Wildman–Crippen MR) is 92.3 cm³/mol. The van der Waals surface area contributed by atoms with Crippen LogP contribution in [0.2, 0.25) is 0 Å². The molecular weight excluding hydrogens is 340 g/mol. The molecule has 0 aliphatic carbocycles. The number of hydrogen-bond acceptors (Lipinski definition) is 7. The van der Waals surface area contributed by atoms with Gasteiger partial charge < -0.3 is 24.8 Å². The van der Waals surface area contributed by atoms with Gasteiger partial charge in [-0.2, -0.15) is 0 Å². The fraction of sp³-hybridized carbons (Fsp3) is 0.158. The molecule has 2 aromatic carbocycles. The van der Waals surface area contributed by atoms with Crippen LogP contribution in [0.25, 0.3) is 0 Å². The Labute approximate surface area is 149 Å². The van der Waals surface area contributed by atoms with E-state index in [1.165, 1.54) is 30.3 Å².